The Balaban J connectivity index is 1.55. The Morgan fingerprint density at radius 1 is 0.875 bits per heavy atom. The van der Waals surface area contributed by atoms with Crippen LogP contribution in [0.5, 0.6) is 11.5 Å². The van der Waals surface area contributed by atoms with E-state index in [1.165, 1.54) is 12.7 Å². The number of carbonyl (C=O) groups excluding carboxylic acids is 2. The van der Waals surface area contributed by atoms with Gasteiger partial charge in [0.2, 0.25) is 5.91 Å². The maximum Gasteiger partial charge on any atom is 0.257 e. The Bertz CT molecular complexity index is 919. The van der Waals surface area contributed by atoms with Gasteiger partial charge < -0.3 is 19.3 Å². The fourth-order valence-electron chi connectivity index (χ4n) is 4.25. The topological polar surface area (TPSA) is 59.1 Å². The summed E-state index contributed by atoms with van der Waals surface area (Å²) in [6.45, 7) is 6.14. The third-order valence-corrected chi connectivity index (χ3v) is 6.18. The Kier molecular flexibility index (Phi) is 7.78. The number of ether oxygens (including phenoxy) is 2. The number of nitrogens with zero attached hydrogens (tertiary/aromatic N) is 2. The van der Waals surface area contributed by atoms with Crippen LogP contribution in [-0.2, 0) is 11.2 Å². The summed E-state index contributed by atoms with van der Waals surface area (Å²) in [7, 11) is 3.09. The molecule has 0 spiro atoms. The van der Waals surface area contributed by atoms with Crippen molar-refractivity contribution in [3.05, 3.63) is 59.7 Å². The fourth-order valence-corrected chi connectivity index (χ4v) is 4.25. The van der Waals surface area contributed by atoms with Gasteiger partial charge in [0.05, 0.1) is 19.8 Å². The number of aryl methyl sites for hydroxylation is 1. The van der Waals surface area contributed by atoms with E-state index in [2.05, 4.69) is 12.1 Å². The van der Waals surface area contributed by atoms with Crippen LogP contribution < -0.4 is 9.47 Å². The van der Waals surface area contributed by atoms with Gasteiger partial charge >= 0.3 is 0 Å². The molecule has 0 unspecified atom stereocenters. The molecule has 6 nitrogen and oxygen atoms in total. The van der Waals surface area contributed by atoms with Gasteiger partial charge in [-0.05, 0) is 37.0 Å². The molecule has 0 bridgehead atoms. The minimum Gasteiger partial charge on any atom is -0.493 e. The smallest absolute Gasteiger partial charge is 0.257 e. The highest BCUT2D eigenvalue weighted by molar-refractivity contribution is 5.98. The lowest BCUT2D eigenvalue weighted by molar-refractivity contribution is -0.142. The van der Waals surface area contributed by atoms with Crippen molar-refractivity contribution in [2.75, 3.05) is 40.4 Å². The normalized spacial score (nSPS) is 14.2. The molecule has 172 valence electrons. The van der Waals surface area contributed by atoms with Crippen LogP contribution in [0.3, 0.4) is 0 Å². The van der Waals surface area contributed by atoms with E-state index in [-0.39, 0.29) is 11.8 Å². The number of hydrogen-bond acceptors (Lipinski definition) is 4. The molecule has 1 fully saturated rings. The predicted molar refractivity (Wildman–Crippen MR) is 125 cm³/mol. The maximum atomic E-state index is 13.2. The highest BCUT2D eigenvalue weighted by Gasteiger charge is 2.34. The molecule has 3 rings (SSSR count). The zero-order valence-corrected chi connectivity index (χ0v) is 19.6. The Hall–Kier alpha value is -3.02. The number of piperazine rings is 1. The first-order chi connectivity index (χ1) is 15.4. The first kappa shape index (κ1) is 23.6. The number of para-hydroxylation sites is 1. The van der Waals surface area contributed by atoms with Crippen molar-refractivity contribution in [3.8, 4) is 11.5 Å². The average molecular weight is 439 g/mol. The van der Waals surface area contributed by atoms with Crippen molar-refractivity contribution < 1.29 is 19.1 Å². The molecule has 1 aliphatic heterocycles. The van der Waals surface area contributed by atoms with Gasteiger partial charge in [-0.15, -0.1) is 0 Å². The van der Waals surface area contributed by atoms with Crippen molar-refractivity contribution in [3.63, 3.8) is 0 Å². The van der Waals surface area contributed by atoms with Crippen molar-refractivity contribution >= 4 is 11.8 Å². The Labute approximate surface area is 191 Å². The van der Waals surface area contributed by atoms with Crippen molar-refractivity contribution in [1.82, 2.24) is 9.80 Å². The monoisotopic (exact) mass is 438 g/mol. The summed E-state index contributed by atoms with van der Waals surface area (Å²) >= 11 is 0. The van der Waals surface area contributed by atoms with Gasteiger partial charge in [-0.2, -0.15) is 0 Å². The molecule has 0 aromatic heterocycles. The molecular formula is C26H34N2O4. The van der Waals surface area contributed by atoms with E-state index < -0.39 is 5.41 Å². The van der Waals surface area contributed by atoms with Crippen LogP contribution in [0.15, 0.2) is 48.5 Å². The SMILES string of the molecule is COc1cccc(C(=O)N2CCN(C(=O)C(C)(C)CCCc3ccccc3)CC2)c1OC. The van der Waals surface area contributed by atoms with Crippen LogP contribution in [0.25, 0.3) is 0 Å². The molecule has 2 aromatic carbocycles. The predicted octanol–water partition coefficient (Wildman–Crippen LogP) is 4.04. The highest BCUT2D eigenvalue weighted by atomic mass is 16.5. The van der Waals surface area contributed by atoms with Crippen LogP contribution in [0.4, 0.5) is 0 Å². The summed E-state index contributed by atoms with van der Waals surface area (Å²) in [5.74, 6) is 1.04. The summed E-state index contributed by atoms with van der Waals surface area (Å²) in [5, 5.41) is 0. The number of rotatable bonds is 8. The molecule has 6 heteroatoms. The highest BCUT2D eigenvalue weighted by Crippen LogP contribution is 2.32. The second-order valence-corrected chi connectivity index (χ2v) is 8.85. The van der Waals surface area contributed by atoms with Crippen LogP contribution in [-0.4, -0.2) is 62.0 Å². The van der Waals surface area contributed by atoms with Gasteiger partial charge in [0.25, 0.3) is 5.91 Å². The molecular weight excluding hydrogens is 404 g/mol. The molecule has 1 aliphatic rings. The molecule has 2 aromatic rings. The molecule has 0 N–H and O–H groups in total. The Morgan fingerprint density at radius 2 is 1.53 bits per heavy atom. The number of benzene rings is 2. The van der Waals surface area contributed by atoms with Gasteiger partial charge in [0.15, 0.2) is 11.5 Å². The lowest BCUT2D eigenvalue weighted by atomic mass is 9.84. The van der Waals surface area contributed by atoms with Crippen LogP contribution >= 0.6 is 0 Å². The number of methoxy groups -OCH3 is 2. The minimum absolute atomic E-state index is 0.102. The van der Waals surface area contributed by atoms with Crippen LogP contribution in [0, 0.1) is 5.41 Å². The average Bonchev–Trinajstić information content (AvgIpc) is 2.83. The molecule has 0 atom stereocenters. The van der Waals surface area contributed by atoms with Gasteiger partial charge in [-0.25, -0.2) is 0 Å². The lowest BCUT2D eigenvalue weighted by Gasteiger charge is -2.38. The molecule has 1 heterocycles. The summed E-state index contributed by atoms with van der Waals surface area (Å²) in [4.78, 5) is 29.9. The largest absolute Gasteiger partial charge is 0.493 e. The second-order valence-electron chi connectivity index (χ2n) is 8.85. The molecule has 0 radical (unpaired) electrons. The quantitative estimate of drug-likeness (QED) is 0.624. The molecule has 32 heavy (non-hydrogen) atoms. The van der Waals surface area contributed by atoms with E-state index in [9.17, 15) is 9.59 Å². The maximum absolute atomic E-state index is 13.2. The summed E-state index contributed by atoms with van der Waals surface area (Å²) in [5.41, 5.74) is 1.36. The summed E-state index contributed by atoms with van der Waals surface area (Å²) in [6, 6.07) is 15.7. The first-order valence-corrected chi connectivity index (χ1v) is 11.2. The van der Waals surface area contributed by atoms with Gasteiger partial charge in [0.1, 0.15) is 0 Å². The van der Waals surface area contributed by atoms with Crippen molar-refractivity contribution in [1.29, 1.82) is 0 Å². The summed E-state index contributed by atoms with van der Waals surface area (Å²) in [6.07, 6.45) is 2.78. The van der Waals surface area contributed by atoms with Crippen molar-refractivity contribution in [2.45, 2.75) is 33.1 Å². The zero-order valence-electron chi connectivity index (χ0n) is 19.6. The third kappa shape index (κ3) is 5.42. The molecule has 0 aliphatic carbocycles. The van der Waals surface area contributed by atoms with E-state index in [0.29, 0.717) is 43.2 Å². The number of carbonyl (C=O) groups is 2. The fraction of sp³-hybridized carbons (Fsp3) is 0.462. The lowest BCUT2D eigenvalue weighted by Crippen LogP contribution is -2.53. The first-order valence-electron chi connectivity index (χ1n) is 11.2. The number of amides is 2. The summed E-state index contributed by atoms with van der Waals surface area (Å²) < 4.78 is 10.7. The van der Waals surface area contributed by atoms with E-state index in [1.807, 2.05) is 36.9 Å². The standard InChI is InChI=1S/C26H34N2O4/c1-26(2,15-9-12-20-10-6-5-7-11-20)25(30)28-18-16-27(17-19-28)24(29)21-13-8-14-22(31-3)23(21)32-4/h5-8,10-11,13-14H,9,12,15-19H2,1-4H3. The van der Waals surface area contributed by atoms with Crippen molar-refractivity contribution in [2.24, 2.45) is 5.41 Å². The molecule has 0 saturated carbocycles. The van der Waals surface area contributed by atoms with Gasteiger partial charge in [-0.1, -0.05) is 50.2 Å². The van der Waals surface area contributed by atoms with Crippen LogP contribution in [0.2, 0.25) is 0 Å². The minimum atomic E-state index is -0.420. The zero-order chi connectivity index (χ0) is 23.1. The van der Waals surface area contributed by atoms with Crippen LogP contribution in [0.1, 0.15) is 42.6 Å². The molecule has 2 amide bonds. The van der Waals surface area contributed by atoms with E-state index in [4.69, 9.17) is 9.47 Å². The van der Waals surface area contributed by atoms with Gasteiger partial charge in [0, 0.05) is 31.6 Å². The van der Waals surface area contributed by atoms with E-state index >= 15 is 0 Å². The molecule has 1 saturated heterocycles. The van der Waals surface area contributed by atoms with E-state index in [0.717, 1.165) is 19.3 Å². The van der Waals surface area contributed by atoms with E-state index in [1.54, 1.807) is 30.2 Å². The van der Waals surface area contributed by atoms with Gasteiger partial charge in [-0.3, -0.25) is 9.59 Å². The number of hydrogen-bond donors (Lipinski definition) is 0. The second kappa shape index (κ2) is 10.5. The third-order valence-electron chi connectivity index (χ3n) is 6.18. The Morgan fingerprint density at radius 3 is 2.16 bits per heavy atom.